The number of nitrogens with two attached hydrogens (primary N) is 1. The lowest BCUT2D eigenvalue weighted by Gasteiger charge is -2.02. The Morgan fingerprint density at radius 3 is 2.87 bits per heavy atom. The van der Waals surface area contributed by atoms with Crippen LogP contribution in [0.3, 0.4) is 0 Å². The summed E-state index contributed by atoms with van der Waals surface area (Å²) in [6, 6.07) is 5.11. The van der Waals surface area contributed by atoms with Crippen LogP contribution in [0, 0.1) is 0 Å². The van der Waals surface area contributed by atoms with Crippen molar-refractivity contribution in [2.45, 2.75) is 6.92 Å². The predicted molar refractivity (Wildman–Crippen MR) is 59.0 cm³/mol. The number of rotatable bonds is 2. The molecular formula is C9H11N3O2S. The van der Waals surface area contributed by atoms with Crippen molar-refractivity contribution in [2.75, 3.05) is 11.5 Å². The summed E-state index contributed by atoms with van der Waals surface area (Å²) < 4.78 is 24.3. The van der Waals surface area contributed by atoms with Gasteiger partial charge in [-0.15, -0.1) is 0 Å². The Hall–Kier alpha value is -1.56. The first-order valence-corrected chi connectivity index (χ1v) is 6.12. The van der Waals surface area contributed by atoms with Crippen LogP contribution in [0.2, 0.25) is 0 Å². The van der Waals surface area contributed by atoms with Gasteiger partial charge in [-0.2, -0.15) is 9.19 Å². The van der Waals surface area contributed by atoms with Gasteiger partial charge in [0.15, 0.2) is 0 Å². The molecule has 5 nitrogen and oxygen atoms in total. The number of fused-ring (bicyclic) bond motifs is 1. The first kappa shape index (κ1) is 9.97. The summed E-state index contributed by atoms with van der Waals surface area (Å²) in [7, 11) is -3.35. The summed E-state index contributed by atoms with van der Waals surface area (Å²) in [5.41, 5.74) is 6.76. The van der Waals surface area contributed by atoms with Gasteiger partial charge in [0.2, 0.25) is 0 Å². The van der Waals surface area contributed by atoms with E-state index >= 15 is 0 Å². The number of aromatic nitrogens is 2. The van der Waals surface area contributed by atoms with E-state index in [4.69, 9.17) is 5.73 Å². The zero-order valence-corrected chi connectivity index (χ0v) is 9.03. The molecule has 6 heteroatoms. The Morgan fingerprint density at radius 1 is 1.47 bits per heavy atom. The maximum absolute atomic E-state index is 11.6. The van der Waals surface area contributed by atoms with E-state index in [-0.39, 0.29) is 5.75 Å². The maximum atomic E-state index is 11.6. The van der Waals surface area contributed by atoms with E-state index in [1.165, 1.54) is 6.20 Å². The fourth-order valence-corrected chi connectivity index (χ4v) is 2.29. The van der Waals surface area contributed by atoms with Gasteiger partial charge in [0.25, 0.3) is 10.0 Å². The molecule has 0 radical (unpaired) electrons. The summed E-state index contributed by atoms with van der Waals surface area (Å²) >= 11 is 0. The fourth-order valence-electron chi connectivity index (χ4n) is 1.39. The van der Waals surface area contributed by atoms with Crippen LogP contribution in [-0.2, 0) is 10.0 Å². The molecular weight excluding hydrogens is 214 g/mol. The molecule has 0 aliphatic carbocycles. The quantitative estimate of drug-likeness (QED) is 0.767. The molecule has 0 aliphatic rings. The molecule has 0 saturated carbocycles. The van der Waals surface area contributed by atoms with Gasteiger partial charge in [0.05, 0.1) is 17.5 Å². The van der Waals surface area contributed by atoms with E-state index in [0.29, 0.717) is 16.6 Å². The lowest BCUT2D eigenvalue weighted by Crippen LogP contribution is -2.15. The standard InChI is InChI=1S/C9H11N3O2S/c1-2-15(13,14)12-9-5-3-4-8(10)7(9)6-11-12/h3-6H,2,10H2,1H3. The van der Waals surface area contributed by atoms with E-state index in [2.05, 4.69) is 5.10 Å². The number of anilines is 1. The van der Waals surface area contributed by atoms with Gasteiger partial charge < -0.3 is 5.73 Å². The largest absolute Gasteiger partial charge is 0.398 e. The Morgan fingerprint density at radius 2 is 2.20 bits per heavy atom. The van der Waals surface area contributed by atoms with Crippen molar-refractivity contribution in [1.29, 1.82) is 0 Å². The summed E-state index contributed by atoms with van der Waals surface area (Å²) in [6.07, 6.45) is 1.47. The second-order valence-electron chi connectivity index (χ2n) is 3.17. The van der Waals surface area contributed by atoms with Crippen molar-refractivity contribution in [2.24, 2.45) is 0 Å². The molecule has 0 atom stereocenters. The maximum Gasteiger partial charge on any atom is 0.254 e. The van der Waals surface area contributed by atoms with Gasteiger partial charge in [-0.05, 0) is 19.1 Å². The first-order valence-electron chi connectivity index (χ1n) is 4.51. The molecule has 2 aromatic rings. The second kappa shape index (κ2) is 3.23. The van der Waals surface area contributed by atoms with Crippen LogP contribution in [0.4, 0.5) is 5.69 Å². The van der Waals surface area contributed by atoms with E-state index in [1.807, 2.05) is 0 Å². The van der Waals surface area contributed by atoms with Crippen molar-refractivity contribution in [3.05, 3.63) is 24.4 Å². The summed E-state index contributed by atoms with van der Waals surface area (Å²) in [5.74, 6) is 0.0125. The molecule has 0 saturated heterocycles. The van der Waals surface area contributed by atoms with Gasteiger partial charge in [0, 0.05) is 11.1 Å². The number of nitrogens with zero attached hydrogens (tertiary/aromatic N) is 2. The molecule has 2 N–H and O–H groups in total. The number of nitrogen functional groups attached to an aromatic ring is 1. The third-order valence-corrected chi connectivity index (χ3v) is 3.79. The van der Waals surface area contributed by atoms with Crippen LogP contribution in [0.25, 0.3) is 10.9 Å². The van der Waals surface area contributed by atoms with Gasteiger partial charge in [-0.3, -0.25) is 0 Å². The molecule has 0 bridgehead atoms. The van der Waals surface area contributed by atoms with Crippen molar-refractivity contribution in [1.82, 2.24) is 9.19 Å². The van der Waals surface area contributed by atoms with Gasteiger partial charge in [0.1, 0.15) is 0 Å². The minimum Gasteiger partial charge on any atom is -0.398 e. The Bertz CT molecular complexity index is 601. The highest BCUT2D eigenvalue weighted by Crippen LogP contribution is 2.21. The fraction of sp³-hybridized carbons (Fsp3) is 0.222. The molecule has 0 amide bonds. The zero-order chi connectivity index (χ0) is 11.1. The van der Waals surface area contributed by atoms with Crippen LogP contribution in [0.15, 0.2) is 24.4 Å². The zero-order valence-electron chi connectivity index (χ0n) is 8.21. The highest BCUT2D eigenvalue weighted by Gasteiger charge is 2.15. The van der Waals surface area contributed by atoms with Crippen molar-refractivity contribution >= 4 is 26.6 Å². The third-order valence-electron chi connectivity index (χ3n) is 2.24. The SMILES string of the molecule is CCS(=O)(=O)n1ncc2c(N)cccc21. The molecule has 0 fully saturated rings. The first-order chi connectivity index (χ1) is 7.06. The molecule has 0 unspecified atom stereocenters. The van der Waals surface area contributed by atoms with Crippen LogP contribution in [-0.4, -0.2) is 23.4 Å². The summed E-state index contributed by atoms with van der Waals surface area (Å²) in [6.45, 7) is 1.58. The van der Waals surface area contributed by atoms with E-state index in [0.717, 1.165) is 4.09 Å². The third kappa shape index (κ3) is 1.46. The van der Waals surface area contributed by atoms with Crippen molar-refractivity contribution in [3.8, 4) is 0 Å². The monoisotopic (exact) mass is 225 g/mol. The molecule has 80 valence electrons. The minimum absolute atomic E-state index is 0.0125. The summed E-state index contributed by atoms with van der Waals surface area (Å²) in [4.78, 5) is 0. The molecule has 15 heavy (non-hydrogen) atoms. The van der Waals surface area contributed by atoms with Crippen LogP contribution < -0.4 is 5.73 Å². The highest BCUT2D eigenvalue weighted by atomic mass is 32.2. The van der Waals surface area contributed by atoms with Crippen LogP contribution in [0.5, 0.6) is 0 Å². The van der Waals surface area contributed by atoms with Crippen LogP contribution in [0.1, 0.15) is 6.92 Å². The van der Waals surface area contributed by atoms with E-state index < -0.39 is 10.0 Å². The molecule has 1 aromatic heterocycles. The lowest BCUT2D eigenvalue weighted by atomic mass is 10.2. The topological polar surface area (TPSA) is 78.0 Å². The second-order valence-corrected chi connectivity index (χ2v) is 5.26. The minimum atomic E-state index is -3.35. The van der Waals surface area contributed by atoms with E-state index in [1.54, 1.807) is 25.1 Å². The lowest BCUT2D eigenvalue weighted by molar-refractivity contribution is 0.583. The smallest absolute Gasteiger partial charge is 0.254 e. The summed E-state index contributed by atoms with van der Waals surface area (Å²) in [5, 5.41) is 4.51. The number of hydrogen-bond acceptors (Lipinski definition) is 4. The highest BCUT2D eigenvalue weighted by molar-refractivity contribution is 7.89. The van der Waals surface area contributed by atoms with Crippen LogP contribution >= 0.6 is 0 Å². The van der Waals surface area contributed by atoms with Crippen molar-refractivity contribution in [3.63, 3.8) is 0 Å². The van der Waals surface area contributed by atoms with Gasteiger partial charge in [-0.1, -0.05) is 6.07 Å². The molecule has 1 aromatic carbocycles. The Kier molecular flexibility index (Phi) is 2.15. The number of benzene rings is 1. The van der Waals surface area contributed by atoms with Gasteiger partial charge in [-0.25, -0.2) is 8.42 Å². The molecule has 2 rings (SSSR count). The van der Waals surface area contributed by atoms with Crippen molar-refractivity contribution < 1.29 is 8.42 Å². The van der Waals surface area contributed by atoms with E-state index in [9.17, 15) is 8.42 Å². The normalized spacial score (nSPS) is 12.1. The molecule has 0 aliphatic heterocycles. The predicted octanol–water partition coefficient (Wildman–Crippen LogP) is 0.816. The molecule has 0 spiro atoms. The number of hydrogen-bond donors (Lipinski definition) is 1. The average Bonchev–Trinajstić information content (AvgIpc) is 2.63. The average molecular weight is 225 g/mol. The Labute approximate surface area is 87.6 Å². The molecule has 1 heterocycles. The Balaban J connectivity index is 2.81. The van der Waals surface area contributed by atoms with Gasteiger partial charge >= 0.3 is 0 Å².